The lowest BCUT2D eigenvalue weighted by molar-refractivity contribution is -0.144. The monoisotopic (exact) mass is 600 g/mol. The van der Waals surface area contributed by atoms with Crippen molar-refractivity contribution in [2.45, 2.75) is 61.5 Å². The highest BCUT2D eigenvalue weighted by Crippen LogP contribution is 2.36. The van der Waals surface area contributed by atoms with Crippen LogP contribution in [0.2, 0.25) is 0 Å². The number of ether oxygens (including phenoxy) is 1. The number of aliphatic hydroxyl groups is 2. The number of imidazole rings is 1. The Morgan fingerprint density at radius 3 is 2.86 bits per heavy atom. The van der Waals surface area contributed by atoms with Crippen LogP contribution in [0.5, 0.6) is 0 Å². The zero-order valence-corrected chi connectivity index (χ0v) is 23.3. The number of nitrogens with zero attached hydrogens (tertiary/aromatic N) is 6. The lowest BCUT2D eigenvalue weighted by Gasteiger charge is -2.37. The molecule has 0 unspecified atom stereocenters. The molecule has 9 N–H and O–H groups in total. The number of nitrogens with two attached hydrogens (primary N) is 2. The molecular formula is C25H32N10O6S. The molecule has 0 radical (unpaired) electrons. The molecule has 0 aliphatic carbocycles. The van der Waals surface area contributed by atoms with Gasteiger partial charge in [-0.3, -0.25) is 24.0 Å². The third-order valence-electron chi connectivity index (χ3n) is 7.98. The first kappa shape index (κ1) is 28.4. The Kier molecular flexibility index (Phi) is 7.75. The van der Waals surface area contributed by atoms with Gasteiger partial charge in [0.1, 0.15) is 35.7 Å². The van der Waals surface area contributed by atoms with Crippen molar-refractivity contribution in [2.75, 3.05) is 30.3 Å². The van der Waals surface area contributed by atoms with Gasteiger partial charge < -0.3 is 36.5 Å². The van der Waals surface area contributed by atoms with Crippen molar-refractivity contribution in [2.24, 2.45) is 0 Å². The van der Waals surface area contributed by atoms with Crippen molar-refractivity contribution >= 4 is 51.7 Å². The second-order valence-corrected chi connectivity index (χ2v) is 11.9. The largest absolute Gasteiger partial charge is 0.480 e. The van der Waals surface area contributed by atoms with Gasteiger partial charge in [-0.15, -0.1) is 0 Å². The van der Waals surface area contributed by atoms with Gasteiger partial charge in [0, 0.05) is 23.7 Å². The number of piperidine rings is 1. The number of anilines is 2. The molecule has 4 aromatic rings. The average Bonchev–Trinajstić information content (AvgIpc) is 3.65. The summed E-state index contributed by atoms with van der Waals surface area (Å²) in [7, 11) is 0. The number of carboxylic acids is 1. The van der Waals surface area contributed by atoms with Crippen molar-refractivity contribution in [3.8, 4) is 0 Å². The summed E-state index contributed by atoms with van der Waals surface area (Å²) < 4.78 is 7.57. The smallest absolute Gasteiger partial charge is 0.320 e. The number of fused-ring (bicyclic) bond motifs is 2. The van der Waals surface area contributed by atoms with E-state index in [0.717, 1.165) is 12.0 Å². The number of aromatic nitrogens is 7. The number of aliphatic hydroxyl groups excluding tert-OH is 2. The highest BCUT2D eigenvalue weighted by molar-refractivity contribution is 7.99. The van der Waals surface area contributed by atoms with Gasteiger partial charge in [-0.05, 0) is 37.8 Å². The average molecular weight is 601 g/mol. The number of nitrogens with one attached hydrogen (secondary N) is 2. The second-order valence-electron chi connectivity index (χ2n) is 10.6. The van der Waals surface area contributed by atoms with Crippen LogP contribution < -0.4 is 17.0 Å². The Labute approximate surface area is 242 Å². The Hall–Kier alpha value is -3.77. The maximum Gasteiger partial charge on any atom is 0.320 e. The maximum absolute atomic E-state index is 12.3. The van der Waals surface area contributed by atoms with Gasteiger partial charge in [0.05, 0.1) is 17.8 Å². The van der Waals surface area contributed by atoms with Crippen LogP contribution in [-0.2, 0) is 16.0 Å². The lowest BCUT2D eigenvalue weighted by Crippen LogP contribution is -2.48. The molecule has 0 saturated carbocycles. The fourth-order valence-electron chi connectivity index (χ4n) is 5.83. The van der Waals surface area contributed by atoms with E-state index in [0.29, 0.717) is 60.3 Å². The highest BCUT2D eigenvalue weighted by Gasteiger charge is 2.45. The fourth-order valence-corrected chi connectivity index (χ4v) is 7.16. The summed E-state index contributed by atoms with van der Waals surface area (Å²) in [5.74, 6) is -0.259. The molecule has 2 fully saturated rings. The van der Waals surface area contributed by atoms with Crippen LogP contribution in [0.15, 0.2) is 23.6 Å². The molecule has 4 aromatic heterocycles. The summed E-state index contributed by atoms with van der Waals surface area (Å²) in [6.07, 6.45) is 3.01. The normalized spacial score (nSPS) is 26.8. The van der Waals surface area contributed by atoms with Gasteiger partial charge in [0.2, 0.25) is 5.95 Å². The van der Waals surface area contributed by atoms with Crippen molar-refractivity contribution in [1.82, 2.24) is 39.4 Å². The Morgan fingerprint density at radius 1 is 1.21 bits per heavy atom. The number of carboxylic acid groups (broad SMARTS) is 1. The van der Waals surface area contributed by atoms with Crippen LogP contribution in [0.3, 0.4) is 0 Å². The first-order valence-electron chi connectivity index (χ1n) is 13.6. The Bertz CT molecular complexity index is 1660. The molecule has 0 spiro atoms. The lowest BCUT2D eigenvalue weighted by atomic mass is 10.0. The molecule has 2 aliphatic heterocycles. The van der Waals surface area contributed by atoms with Crippen LogP contribution in [-0.4, -0.2) is 109 Å². The molecule has 6 heterocycles. The third kappa shape index (κ3) is 5.29. The van der Waals surface area contributed by atoms with E-state index >= 15 is 0 Å². The van der Waals surface area contributed by atoms with E-state index < -0.39 is 36.6 Å². The molecule has 6 atom stereocenters. The Morgan fingerprint density at radius 2 is 2.05 bits per heavy atom. The minimum atomic E-state index is -1.21. The van der Waals surface area contributed by atoms with Gasteiger partial charge in [0.25, 0.3) is 5.56 Å². The third-order valence-corrected chi connectivity index (χ3v) is 9.40. The van der Waals surface area contributed by atoms with E-state index in [2.05, 4.69) is 29.9 Å². The molecular weight excluding hydrogens is 568 g/mol. The molecule has 42 heavy (non-hydrogen) atoms. The minimum Gasteiger partial charge on any atom is -0.480 e. The van der Waals surface area contributed by atoms with Gasteiger partial charge >= 0.3 is 5.97 Å². The van der Waals surface area contributed by atoms with Gasteiger partial charge in [-0.2, -0.15) is 16.7 Å². The second kappa shape index (κ2) is 11.5. The topological polar surface area (TPSA) is 247 Å². The van der Waals surface area contributed by atoms with E-state index in [1.807, 2.05) is 4.90 Å². The number of aliphatic carboxylic acids is 1. The zero-order valence-electron chi connectivity index (χ0n) is 22.5. The predicted molar refractivity (Wildman–Crippen MR) is 154 cm³/mol. The number of rotatable bonds is 9. The van der Waals surface area contributed by atoms with Crippen molar-refractivity contribution < 1.29 is 24.9 Å². The van der Waals surface area contributed by atoms with Gasteiger partial charge in [-0.1, -0.05) is 0 Å². The number of aromatic amines is 2. The van der Waals surface area contributed by atoms with E-state index in [4.69, 9.17) is 16.2 Å². The first-order chi connectivity index (χ1) is 20.2. The predicted octanol–water partition coefficient (Wildman–Crippen LogP) is -0.542. The first-order valence-corrected chi connectivity index (χ1v) is 14.6. The van der Waals surface area contributed by atoms with Gasteiger partial charge in [-0.25, -0.2) is 15.0 Å². The van der Waals surface area contributed by atoms with Gasteiger partial charge in [0.15, 0.2) is 17.7 Å². The molecule has 224 valence electrons. The summed E-state index contributed by atoms with van der Waals surface area (Å²) in [6, 6.07) is -0.653. The molecule has 0 amide bonds. The molecule has 17 heteroatoms. The van der Waals surface area contributed by atoms with Crippen molar-refractivity contribution in [3.05, 3.63) is 34.8 Å². The zero-order chi connectivity index (χ0) is 29.5. The number of aryl methyl sites for hydroxylation is 1. The molecule has 6 rings (SSSR count). The summed E-state index contributed by atoms with van der Waals surface area (Å²) in [6.45, 7) is 1.16. The number of H-pyrrole nitrogens is 2. The van der Waals surface area contributed by atoms with E-state index in [1.54, 1.807) is 6.20 Å². The quantitative estimate of drug-likeness (QED) is 0.127. The van der Waals surface area contributed by atoms with Crippen LogP contribution in [0, 0.1) is 0 Å². The van der Waals surface area contributed by atoms with Crippen LogP contribution in [0.1, 0.15) is 31.1 Å². The summed E-state index contributed by atoms with van der Waals surface area (Å²) >= 11 is 1.54. The Balaban J connectivity index is 1.03. The number of hydrogen-bond donors (Lipinski definition) is 7. The fraction of sp³-hybridized carbons (Fsp3) is 0.520. The van der Waals surface area contributed by atoms with Crippen LogP contribution >= 0.6 is 11.8 Å². The summed E-state index contributed by atoms with van der Waals surface area (Å²) in [5, 5.41) is 31.9. The van der Waals surface area contributed by atoms with E-state index in [1.165, 1.54) is 29.0 Å². The number of likely N-dealkylation sites (tertiary alicyclic amines) is 1. The molecule has 0 aromatic carbocycles. The van der Waals surface area contributed by atoms with Crippen molar-refractivity contribution in [1.29, 1.82) is 0 Å². The van der Waals surface area contributed by atoms with Crippen LogP contribution in [0.25, 0.3) is 22.2 Å². The van der Waals surface area contributed by atoms with Crippen LogP contribution in [0.4, 0.5) is 11.8 Å². The van der Waals surface area contributed by atoms with E-state index in [-0.39, 0.29) is 22.6 Å². The maximum atomic E-state index is 12.3. The molecule has 16 nitrogen and oxygen atoms in total. The number of thioether (sulfide) groups is 1. The molecule has 2 saturated heterocycles. The molecule has 2 aliphatic rings. The van der Waals surface area contributed by atoms with Crippen molar-refractivity contribution in [3.63, 3.8) is 0 Å². The number of hydrogen-bond acceptors (Lipinski definition) is 13. The molecule has 0 bridgehead atoms. The van der Waals surface area contributed by atoms with E-state index in [9.17, 15) is 24.9 Å². The number of nitrogen functional groups attached to an aromatic ring is 2. The SMILES string of the molecule is Nc1nc2[nH]cc(CCCN3CC[C@@H](SC[C@H]4O[C@@H](n5cnc6c(N)ncnc65)[C@H](O)[C@@H]4O)C[C@@H]3C(=O)O)c2c(=O)[nH]1. The highest BCUT2D eigenvalue weighted by atomic mass is 32.2. The standard InChI is InChI=1S/C25H32N10O6S/c26-19-16-21(30-9-29-19)35(10-31-16)23-18(37)17(36)14(41-23)8-42-12-3-5-34(13(6-12)24(39)40)4-1-2-11-7-28-20-15(11)22(38)33-25(27)32-20/h7,9-10,12-14,17-18,23,36-37H,1-6,8H2,(H,39,40)(H2,26,29,30)(H4,27,28,32,33,38)/t12-,13-,14-,17-,18-,23-/m1/s1. The summed E-state index contributed by atoms with van der Waals surface area (Å²) in [4.78, 5) is 48.4. The minimum absolute atomic E-state index is 0.0414. The summed E-state index contributed by atoms with van der Waals surface area (Å²) in [5.41, 5.74) is 13.2. The number of carbonyl (C=O) groups is 1.